The van der Waals surface area contributed by atoms with E-state index in [0.29, 0.717) is 29.1 Å². The van der Waals surface area contributed by atoms with Gasteiger partial charge in [0.2, 0.25) is 5.89 Å². The molecule has 0 radical (unpaired) electrons. The second kappa shape index (κ2) is 5.34. The smallest absolute Gasteiger partial charge is 0.283 e. The Morgan fingerprint density at radius 3 is 2.89 bits per heavy atom. The number of aryl methyl sites for hydroxylation is 2. The summed E-state index contributed by atoms with van der Waals surface area (Å²) in [4.78, 5) is 15.9. The van der Waals surface area contributed by atoms with E-state index in [1.165, 1.54) is 4.68 Å². The molecule has 2 heterocycles. The second-order valence-electron chi connectivity index (χ2n) is 3.71. The van der Waals surface area contributed by atoms with Gasteiger partial charge in [0.1, 0.15) is 10.2 Å². The summed E-state index contributed by atoms with van der Waals surface area (Å²) in [5.74, 6) is 1.32. The van der Waals surface area contributed by atoms with Crippen molar-refractivity contribution in [3.63, 3.8) is 0 Å². The van der Waals surface area contributed by atoms with Gasteiger partial charge in [0.25, 0.3) is 5.56 Å². The summed E-state index contributed by atoms with van der Waals surface area (Å²) in [7, 11) is 0. The third-order valence-corrected chi connectivity index (χ3v) is 3.15. The third kappa shape index (κ3) is 2.61. The standard InChI is InChI=1S/C11H13BrN4O2/c1-3-16-11(17)10(12)8(5-15-16)13-6-9-14-4-7(2)18-9/h4-5,13H,3,6H2,1-2H3. The monoisotopic (exact) mass is 312 g/mol. The van der Waals surface area contributed by atoms with E-state index in [-0.39, 0.29) is 5.56 Å². The maximum Gasteiger partial charge on any atom is 0.283 e. The molecule has 96 valence electrons. The van der Waals surface area contributed by atoms with Crippen molar-refractivity contribution in [1.82, 2.24) is 14.8 Å². The molecule has 6 nitrogen and oxygen atoms in total. The lowest BCUT2D eigenvalue weighted by Gasteiger charge is -2.07. The molecule has 0 bridgehead atoms. The number of halogens is 1. The fourth-order valence-electron chi connectivity index (χ4n) is 1.47. The van der Waals surface area contributed by atoms with E-state index in [4.69, 9.17) is 4.42 Å². The Labute approximate surface area is 112 Å². The lowest BCUT2D eigenvalue weighted by molar-refractivity contribution is 0.479. The number of rotatable bonds is 4. The van der Waals surface area contributed by atoms with E-state index in [0.717, 1.165) is 5.76 Å². The zero-order valence-electron chi connectivity index (χ0n) is 10.1. The van der Waals surface area contributed by atoms with Gasteiger partial charge in [-0.2, -0.15) is 5.10 Å². The summed E-state index contributed by atoms with van der Waals surface area (Å²) in [5.41, 5.74) is 0.464. The lowest BCUT2D eigenvalue weighted by Crippen LogP contribution is -2.23. The summed E-state index contributed by atoms with van der Waals surface area (Å²) in [6, 6.07) is 0. The first-order chi connectivity index (χ1) is 8.61. The molecule has 0 aliphatic heterocycles. The van der Waals surface area contributed by atoms with Crippen molar-refractivity contribution >= 4 is 21.6 Å². The molecule has 0 fully saturated rings. The largest absolute Gasteiger partial charge is 0.444 e. The van der Waals surface area contributed by atoms with Crippen LogP contribution in [0.4, 0.5) is 5.69 Å². The SMILES string of the molecule is CCn1ncc(NCc2ncc(C)o2)c(Br)c1=O. The van der Waals surface area contributed by atoms with E-state index in [2.05, 4.69) is 31.3 Å². The van der Waals surface area contributed by atoms with Crippen molar-refractivity contribution in [2.75, 3.05) is 5.32 Å². The van der Waals surface area contributed by atoms with E-state index < -0.39 is 0 Å². The molecule has 2 rings (SSSR count). The van der Waals surface area contributed by atoms with Gasteiger partial charge in [0, 0.05) is 6.54 Å². The van der Waals surface area contributed by atoms with Crippen LogP contribution in [0.5, 0.6) is 0 Å². The van der Waals surface area contributed by atoms with Crippen LogP contribution < -0.4 is 10.9 Å². The molecule has 0 saturated carbocycles. The molecule has 2 aromatic rings. The van der Waals surface area contributed by atoms with Crippen LogP contribution in [0.15, 0.2) is 26.1 Å². The Morgan fingerprint density at radius 1 is 1.50 bits per heavy atom. The fraction of sp³-hybridized carbons (Fsp3) is 0.364. The Morgan fingerprint density at radius 2 is 2.28 bits per heavy atom. The zero-order valence-corrected chi connectivity index (χ0v) is 11.7. The van der Waals surface area contributed by atoms with Crippen LogP contribution in [-0.4, -0.2) is 14.8 Å². The van der Waals surface area contributed by atoms with Gasteiger partial charge < -0.3 is 9.73 Å². The summed E-state index contributed by atoms with van der Waals surface area (Å²) >= 11 is 3.26. The van der Waals surface area contributed by atoms with Gasteiger partial charge in [0.15, 0.2) is 0 Å². The van der Waals surface area contributed by atoms with E-state index in [1.54, 1.807) is 12.4 Å². The van der Waals surface area contributed by atoms with E-state index >= 15 is 0 Å². The number of hydrogen-bond acceptors (Lipinski definition) is 5. The summed E-state index contributed by atoms with van der Waals surface area (Å²) in [5, 5.41) is 7.09. The summed E-state index contributed by atoms with van der Waals surface area (Å²) in [6.45, 7) is 4.64. The maximum absolute atomic E-state index is 11.8. The second-order valence-corrected chi connectivity index (χ2v) is 4.50. The van der Waals surface area contributed by atoms with Crippen LogP contribution in [0.3, 0.4) is 0 Å². The number of anilines is 1. The molecule has 0 amide bonds. The highest BCUT2D eigenvalue weighted by molar-refractivity contribution is 9.10. The molecule has 7 heteroatoms. The fourth-order valence-corrected chi connectivity index (χ4v) is 1.91. The highest BCUT2D eigenvalue weighted by atomic mass is 79.9. The highest BCUT2D eigenvalue weighted by Crippen LogP contribution is 2.17. The van der Waals surface area contributed by atoms with Crippen molar-refractivity contribution in [3.8, 4) is 0 Å². The Balaban J connectivity index is 2.15. The Kier molecular flexibility index (Phi) is 3.81. The molecule has 0 atom stereocenters. The number of nitrogens with one attached hydrogen (secondary N) is 1. The molecule has 0 unspecified atom stereocenters. The van der Waals surface area contributed by atoms with Gasteiger partial charge in [0.05, 0.1) is 24.6 Å². The van der Waals surface area contributed by atoms with Gasteiger partial charge in [-0.1, -0.05) is 0 Å². The van der Waals surface area contributed by atoms with Crippen molar-refractivity contribution < 1.29 is 4.42 Å². The van der Waals surface area contributed by atoms with E-state index in [1.807, 2.05) is 13.8 Å². The Bertz CT molecular complexity index is 605. The van der Waals surface area contributed by atoms with Crippen LogP contribution in [0, 0.1) is 6.92 Å². The van der Waals surface area contributed by atoms with Gasteiger partial charge in [-0.05, 0) is 29.8 Å². The molecule has 0 spiro atoms. The molecular weight excluding hydrogens is 300 g/mol. The first-order valence-corrected chi connectivity index (χ1v) is 6.32. The number of oxazole rings is 1. The maximum atomic E-state index is 11.8. The van der Waals surface area contributed by atoms with Crippen molar-refractivity contribution in [1.29, 1.82) is 0 Å². The minimum absolute atomic E-state index is 0.161. The predicted octanol–water partition coefficient (Wildman–Crippen LogP) is 1.93. The normalized spacial score (nSPS) is 10.6. The van der Waals surface area contributed by atoms with Crippen LogP contribution in [0.25, 0.3) is 0 Å². The topological polar surface area (TPSA) is 73.0 Å². The summed E-state index contributed by atoms with van der Waals surface area (Å²) in [6.07, 6.45) is 3.25. The third-order valence-electron chi connectivity index (χ3n) is 2.38. The molecule has 0 aliphatic carbocycles. The van der Waals surface area contributed by atoms with Crippen LogP contribution in [-0.2, 0) is 13.1 Å². The van der Waals surface area contributed by atoms with Crippen LogP contribution >= 0.6 is 15.9 Å². The minimum atomic E-state index is -0.161. The molecule has 2 aromatic heterocycles. The minimum Gasteiger partial charge on any atom is -0.444 e. The van der Waals surface area contributed by atoms with Gasteiger partial charge in [-0.15, -0.1) is 0 Å². The quantitative estimate of drug-likeness (QED) is 0.934. The van der Waals surface area contributed by atoms with Crippen molar-refractivity contribution in [2.24, 2.45) is 0 Å². The van der Waals surface area contributed by atoms with Crippen LogP contribution in [0.1, 0.15) is 18.6 Å². The first kappa shape index (κ1) is 12.8. The zero-order chi connectivity index (χ0) is 13.1. The van der Waals surface area contributed by atoms with Crippen LogP contribution in [0.2, 0.25) is 0 Å². The average molecular weight is 313 g/mol. The highest BCUT2D eigenvalue weighted by Gasteiger charge is 2.08. The lowest BCUT2D eigenvalue weighted by atomic mass is 10.4. The molecule has 0 saturated heterocycles. The van der Waals surface area contributed by atoms with Gasteiger partial charge in [-0.25, -0.2) is 9.67 Å². The first-order valence-electron chi connectivity index (χ1n) is 5.52. The van der Waals surface area contributed by atoms with Crippen molar-refractivity contribution in [3.05, 3.63) is 38.9 Å². The van der Waals surface area contributed by atoms with E-state index in [9.17, 15) is 4.79 Å². The number of hydrogen-bond donors (Lipinski definition) is 1. The number of nitrogens with zero attached hydrogens (tertiary/aromatic N) is 3. The molecular formula is C11H13BrN4O2. The molecule has 1 N–H and O–H groups in total. The molecule has 0 aromatic carbocycles. The Hall–Kier alpha value is -1.63. The molecule has 18 heavy (non-hydrogen) atoms. The molecule has 0 aliphatic rings. The number of aromatic nitrogens is 3. The predicted molar refractivity (Wildman–Crippen MR) is 70.4 cm³/mol. The van der Waals surface area contributed by atoms with Gasteiger partial charge >= 0.3 is 0 Å². The van der Waals surface area contributed by atoms with Gasteiger partial charge in [-0.3, -0.25) is 4.79 Å². The summed E-state index contributed by atoms with van der Waals surface area (Å²) < 4.78 is 7.17. The van der Waals surface area contributed by atoms with Crippen molar-refractivity contribution in [2.45, 2.75) is 26.9 Å². The average Bonchev–Trinajstić information content (AvgIpc) is 2.77.